The second kappa shape index (κ2) is 8.36. The Morgan fingerprint density at radius 2 is 1.97 bits per heavy atom. The summed E-state index contributed by atoms with van der Waals surface area (Å²) >= 11 is 1.56. The molecule has 1 unspecified atom stereocenters. The molecule has 0 fully saturated rings. The monoisotopic (exact) mass is 403 g/mol. The summed E-state index contributed by atoms with van der Waals surface area (Å²) in [7, 11) is 0. The molecule has 2 aromatic carbocycles. The van der Waals surface area contributed by atoms with Crippen molar-refractivity contribution >= 4 is 17.7 Å². The van der Waals surface area contributed by atoms with Crippen LogP contribution in [0.5, 0.6) is 0 Å². The van der Waals surface area contributed by atoms with Gasteiger partial charge in [-0.15, -0.1) is 0 Å². The number of hydrogen-bond donors (Lipinski definition) is 2. The summed E-state index contributed by atoms with van der Waals surface area (Å²) in [5, 5.41) is 3.89. The van der Waals surface area contributed by atoms with Crippen LogP contribution in [0.4, 0.5) is 0 Å². The lowest BCUT2D eigenvalue weighted by Crippen LogP contribution is -2.27. The van der Waals surface area contributed by atoms with Crippen molar-refractivity contribution < 1.29 is 4.79 Å². The first kappa shape index (κ1) is 19.0. The lowest BCUT2D eigenvalue weighted by Gasteiger charge is -2.13. The number of carbonyl (C=O) groups excluding carboxylic acids is 1. The molecule has 4 aromatic rings. The number of nitrogens with zero attached hydrogens (tertiary/aromatic N) is 3. The van der Waals surface area contributed by atoms with Crippen molar-refractivity contribution in [3.8, 4) is 16.9 Å². The lowest BCUT2D eigenvalue weighted by atomic mass is 10.1. The third kappa shape index (κ3) is 4.09. The molecule has 0 aliphatic rings. The van der Waals surface area contributed by atoms with E-state index in [1.807, 2.05) is 72.5 Å². The summed E-state index contributed by atoms with van der Waals surface area (Å²) in [4.78, 5) is 24.8. The number of aromatic nitrogens is 4. The third-order valence-electron chi connectivity index (χ3n) is 4.61. The molecule has 2 N–H and O–H groups in total. The smallest absolute Gasteiger partial charge is 0.251 e. The molecule has 7 heteroatoms. The van der Waals surface area contributed by atoms with Crippen molar-refractivity contribution in [2.45, 2.75) is 18.1 Å². The van der Waals surface area contributed by atoms with Gasteiger partial charge in [0.15, 0.2) is 5.16 Å². The largest absolute Gasteiger partial charge is 0.342 e. The number of benzene rings is 2. The molecule has 2 aromatic heterocycles. The van der Waals surface area contributed by atoms with Crippen molar-refractivity contribution in [2.24, 2.45) is 0 Å². The van der Waals surface area contributed by atoms with E-state index in [1.165, 1.54) is 0 Å². The van der Waals surface area contributed by atoms with Gasteiger partial charge in [-0.2, -0.15) is 0 Å². The average molecular weight is 404 g/mol. The van der Waals surface area contributed by atoms with Gasteiger partial charge in [0.2, 0.25) is 0 Å². The van der Waals surface area contributed by atoms with Crippen LogP contribution in [-0.4, -0.2) is 31.7 Å². The summed E-state index contributed by atoms with van der Waals surface area (Å²) in [6, 6.07) is 17.2. The molecule has 0 radical (unpaired) electrons. The molecule has 2 heterocycles. The molecule has 0 aliphatic heterocycles. The molecule has 0 aliphatic carbocycles. The van der Waals surface area contributed by atoms with Crippen LogP contribution >= 0.6 is 11.8 Å². The predicted molar refractivity (Wildman–Crippen MR) is 115 cm³/mol. The fourth-order valence-electron chi connectivity index (χ4n) is 3.10. The van der Waals surface area contributed by atoms with Gasteiger partial charge >= 0.3 is 0 Å². The number of amides is 1. The second-order valence-electron chi connectivity index (χ2n) is 6.58. The van der Waals surface area contributed by atoms with Gasteiger partial charge in [-0.25, -0.2) is 9.97 Å². The van der Waals surface area contributed by atoms with E-state index in [2.05, 4.69) is 20.3 Å². The Bertz CT molecular complexity index is 1120. The Labute approximate surface area is 173 Å². The molecule has 4 rings (SSSR count). The van der Waals surface area contributed by atoms with Crippen LogP contribution in [0.25, 0.3) is 16.9 Å². The Balaban J connectivity index is 1.50. The average Bonchev–Trinajstić information content (AvgIpc) is 3.44. The Morgan fingerprint density at radius 1 is 1.14 bits per heavy atom. The topological polar surface area (TPSA) is 75.6 Å². The predicted octanol–water partition coefficient (Wildman–Crippen LogP) is 4.48. The quantitative estimate of drug-likeness (QED) is 0.466. The molecule has 0 saturated carbocycles. The molecule has 1 amide bonds. The van der Waals surface area contributed by atoms with Crippen LogP contribution in [0.15, 0.2) is 78.3 Å². The number of rotatable bonds is 6. The molecule has 146 valence electrons. The SMILES string of the molecule is CSc1nccn1-c1cccc(C(=O)NC(C)c2ncc(-c3ccccc3)[nH]2)c1. The molecular weight excluding hydrogens is 382 g/mol. The van der Waals surface area contributed by atoms with E-state index in [0.717, 1.165) is 22.1 Å². The first-order valence-electron chi connectivity index (χ1n) is 9.24. The van der Waals surface area contributed by atoms with Crippen molar-refractivity contribution in [1.82, 2.24) is 24.8 Å². The number of imidazole rings is 2. The summed E-state index contributed by atoms with van der Waals surface area (Å²) in [6.07, 6.45) is 7.41. The minimum Gasteiger partial charge on any atom is -0.342 e. The maximum Gasteiger partial charge on any atom is 0.251 e. The normalized spacial score (nSPS) is 11.9. The number of thioether (sulfide) groups is 1. The highest BCUT2D eigenvalue weighted by Crippen LogP contribution is 2.21. The Morgan fingerprint density at radius 3 is 2.76 bits per heavy atom. The summed E-state index contributed by atoms with van der Waals surface area (Å²) in [5.41, 5.74) is 3.47. The summed E-state index contributed by atoms with van der Waals surface area (Å²) < 4.78 is 1.96. The second-order valence-corrected chi connectivity index (χ2v) is 7.35. The van der Waals surface area contributed by atoms with Crippen LogP contribution in [0.3, 0.4) is 0 Å². The fourth-order valence-corrected chi connectivity index (χ4v) is 3.63. The van der Waals surface area contributed by atoms with E-state index >= 15 is 0 Å². The van der Waals surface area contributed by atoms with Gasteiger partial charge in [0.05, 0.1) is 17.9 Å². The zero-order valence-electron chi connectivity index (χ0n) is 16.2. The minimum absolute atomic E-state index is 0.150. The van der Waals surface area contributed by atoms with Gasteiger partial charge < -0.3 is 10.3 Å². The Hall–Kier alpha value is -3.32. The van der Waals surface area contributed by atoms with E-state index in [9.17, 15) is 4.79 Å². The maximum atomic E-state index is 12.8. The van der Waals surface area contributed by atoms with E-state index < -0.39 is 0 Å². The van der Waals surface area contributed by atoms with Crippen LogP contribution in [0.1, 0.15) is 29.1 Å². The van der Waals surface area contributed by atoms with Crippen molar-refractivity contribution in [2.75, 3.05) is 6.26 Å². The van der Waals surface area contributed by atoms with Gasteiger partial charge in [0.25, 0.3) is 5.91 Å². The maximum absolute atomic E-state index is 12.8. The summed E-state index contributed by atoms with van der Waals surface area (Å²) in [5.74, 6) is 0.565. The number of hydrogen-bond acceptors (Lipinski definition) is 4. The summed E-state index contributed by atoms with van der Waals surface area (Å²) in [6.45, 7) is 1.91. The molecule has 0 spiro atoms. The van der Waals surface area contributed by atoms with Crippen molar-refractivity contribution in [3.63, 3.8) is 0 Å². The number of H-pyrrole nitrogens is 1. The zero-order chi connectivity index (χ0) is 20.2. The van der Waals surface area contributed by atoms with Gasteiger partial charge in [-0.3, -0.25) is 9.36 Å². The number of aromatic amines is 1. The van der Waals surface area contributed by atoms with Crippen LogP contribution in [0, 0.1) is 0 Å². The highest BCUT2D eigenvalue weighted by molar-refractivity contribution is 7.98. The highest BCUT2D eigenvalue weighted by Gasteiger charge is 2.15. The molecule has 0 saturated heterocycles. The lowest BCUT2D eigenvalue weighted by molar-refractivity contribution is 0.0938. The van der Waals surface area contributed by atoms with Crippen molar-refractivity contribution in [1.29, 1.82) is 0 Å². The first-order chi connectivity index (χ1) is 14.2. The molecular formula is C22H21N5OS. The molecule has 6 nitrogen and oxygen atoms in total. The molecule has 1 atom stereocenters. The van der Waals surface area contributed by atoms with E-state index in [-0.39, 0.29) is 11.9 Å². The standard InChI is InChI=1S/C22H21N5OS/c1-15(20-24-14-19(26-20)16-7-4-3-5-8-16)25-21(28)17-9-6-10-18(13-17)27-12-11-23-22(27)29-2/h3-15H,1-2H3,(H,24,26)(H,25,28). The van der Waals surface area contributed by atoms with Crippen LogP contribution < -0.4 is 5.32 Å². The Kier molecular flexibility index (Phi) is 5.48. The molecule has 29 heavy (non-hydrogen) atoms. The van der Waals surface area contributed by atoms with E-state index in [1.54, 1.807) is 30.2 Å². The van der Waals surface area contributed by atoms with Crippen LogP contribution in [0.2, 0.25) is 0 Å². The van der Waals surface area contributed by atoms with Crippen molar-refractivity contribution in [3.05, 3.63) is 84.6 Å². The van der Waals surface area contributed by atoms with Gasteiger partial charge in [0.1, 0.15) is 5.82 Å². The zero-order valence-corrected chi connectivity index (χ0v) is 17.0. The minimum atomic E-state index is -0.251. The highest BCUT2D eigenvalue weighted by atomic mass is 32.2. The number of nitrogens with one attached hydrogen (secondary N) is 2. The number of carbonyl (C=O) groups is 1. The molecule has 0 bridgehead atoms. The van der Waals surface area contributed by atoms with Gasteiger partial charge in [0, 0.05) is 23.6 Å². The van der Waals surface area contributed by atoms with Gasteiger partial charge in [-0.05, 0) is 36.9 Å². The van der Waals surface area contributed by atoms with E-state index in [4.69, 9.17) is 0 Å². The third-order valence-corrected chi connectivity index (χ3v) is 5.28. The van der Waals surface area contributed by atoms with E-state index in [0.29, 0.717) is 11.4 Å². The van der Waals surface area contributed by atoms with Gasteiger partial charge in [-0.1, -0.05) is 48.2 Å². The van der Waals surface area contributed by atoms with Crippen LogP contribution in [-0.2, 0) is 0 Å². The first-order valence-corrected chi connectivity index (χ1v) is 10.5. The fraction of sp³-hybridized carbons (Fsp3) is 0.136.